The van der Waals surface area contributed by atoms with Crippen LogP contribution in [0.1, 0.15) is 25.3 Å². The number of carbonyl (C=O) groups is 1. The number of hydrogen-bond donors (Lipinski definition) is 0. The highest BCUT2D eigenvalue weighted by Gasteiger charge is 2.51. The van der Waals surface area contributed by atoms with Crippen molar-refractivity contribution >= 4 is 5.78 Å². The number of fused-ring (bicyclic) bond motifs is 1. The van der Waals surface area contributed by atoms with Crippen molar-refractivity contribution in [1.82, 2.24) is 0 Å². The topological polar surface area (TPSA) is 44.8 Å². The van der Waals surface area contributed by atoms with Crippen LogP contribution in [0, 0.1) is 17.7 Å². The van der Waals surface area contributed by atoms with Crippen LogP contribution in [0.25, 0.3) is 0 Å². The Morgan fingerprint density at radius 2 is 2.32 bits per heavy atom. The van der Waals surface area contributed by atoms with Gasteiger partial charge in [0.1, 0.15) is 11.4 Å². The molecule has 134 valence electrons. The van der Waals surface area contributed by atoms with Crippen molar-refractivity contribution in [2.45, 2.75) is 31.8 Å². The summed E-state index contributed by atoms with van der Waals surface area (Å²) in [5.41, 5.74) is 0.213. The zero-order chi connectivity index (χ0) is 18.0. The van der Waals surface area contributed by atoms with E-state index in [1.165, 1.54) is 13.2 Å². The highest BCUT2D eigenvalue weighted by molar-refractivity contribution is 5.93. The Morgan fingerprint density at radius 3 is 3.00 bits per heavy atom. The number of ketones is 1. The van der Waals surface area contributed by atoms with E-state index in [-0.39, 0.29) is 36.0 Å². The molecular weight excluding hydrogens is 323 g/mol. The van der Waals surface area contributed by atoms with Crippen LogP contribution in [0.3, 0.4) is 0 Å². The monoisotopic (exact) mass is 346 g/mol. The van der Waals surface area contributed by atoms with Crippen LogP contribution in [-0.4, -0.2) is 25.3 Å². The zero-order valence-electron chi connectivity index (χ0n) is 14.6. The van der Waals surface area contributed by atoms with Gasteiger partial charge in [0, 0.05) is 12.0 Å². The maximum Gasteiger partial charge on any atom is 0.189 e. The van der Waals surface area contributed by atoms with Gasteiger partial charge in [0.05, 0.1) is 7.11 Å². The van der Waals surface area contributed by atoms with Gasteiger partial charge in [-0.25, -0.2) is 4.39 Å². The second kappa shape index (κ2) is 7.00. The van der Waals surface area contributed by atoms with Crippen molar-refractivity contribution < 1.29 is 23.4 Å². The van der Waals surface area contributed by atoms with Crippen molar-refractivity contribution in [2.24, 2.45) is 11.8 Å². The Balaban J connectivity index is 1.85. The van der Waals surface area contributed by atoms with Crippen LogP contribution < -0.4 is 4.74 Å². The van der Waals surface area contributed by atoms with E-state index in [9.17, 15) is 9.18 Å². The molecule has 1 fully saturated rings. The average Bonchev–Trinajstić information content (AvgIpc) is 2.99. The summed E-state index contributed by atoms with van der Waals surface area (Å²) in [4.78, 5) is 12.2. The molecule has 1 saturated heterocycles. The first-order valence-corrected chi connectivity index (χ1v) is 8.46. The number of carbonyl (C=O) groups excluding carboxylic acids is 1. The summed E-state index contributed by atoms with van der Waals surface area (Å²) in [6.07, 6.45) is 5.10. The third kappa shape index (κ3) is 3.21. The van der Waals surface area contributed by atoms with Crippen LogP contribution in [0.5, 0.6) is 5.75 Å². The largest absolute Gasteiger partial charge is 0.494 e. The van der Waals surface area contributed by atoms with Gasteiger partial charge >= 0.3 is 0 Å². The van der Waals surface area contributed by atoms with Gasteiger partial charge in [0.15, 0.2) is 24.1 Å². The van der Waals surface area contributed by atoms with Gasteiger partial charge in [-0.15, -0.1) is 6.58 Å². The summed E-state index contributed by atoms with van der Waals surface area (Å²) in [7, 11) is 1.44. The molecule has 0 amide bonds. The number of halogens is 1. The Labute approximate surface area is 147 Å². The molecule has 3 rings (SSSR count). The lowest BCUT2D eigenvalue weighted by molar-refractivity contribution is -0.123. The molecule has 0 aromatic heterocycles. The van der Waals surface area contributed by atoms with Gasteiger partial charge in [0.25, 0.3) is 0 Å². The molecule has 0 bridgehead atoms. The predicted molar refractivity (Wildman–Crippen MR) is 91.6 cm³/mol. The first-order valence-electron chi connectivity index (χ1n) is 8.46. The number of benzene rings is 1. The van der Waals surface area contributed by atoms with Gasteiger partial charge in [-0.1, -0.05) is 19.1 Å². The van der Waals surface area contributed by atoms with Crippen LogP contribution in [0.15, 0.2) is 42.7 Å². The molecule has 0 saturated carbocycles. The quantitative estimate of drug-likeness (QED) is 0.735. The van der Waals surface area contributed by atoms with Crippen molar-refractivity contribution in [3.63, 3.8) is 0 Å². The Morgan fingerprint density at radius 1 is 1.52 bits per heavy atom. The minimum Gasteiger partial charge on any atom is -0.494 e. The molecular formula is C20H23FO4. The van der Waals surface area contributed by atoms with Gasteiger partial charge in [-0.2, -0.15) is 0 Å². The standard InChI is InChI=1S/C20H23FO4/c1-4-5-15-11-20(19(10-17(15)22)24-12-25-20)13(2)8-14-6-7-18(23-3)16(21)9-14/h4,6-7,9-10,13,15H,1,5,8,11-12H2,2-3H3/t13?,15-,20+/m0/s1. The maximum absolute atomic E-state index is 14.0. The number of rotatable bonds is 6. The van der Waals surface area contributed by atoms with E-state index in [2.05, 4.69) is 6.58 Å². The number of ether oxygens (including phenoxy) is 3. The number of methoxy groups -OCH3 is 1. The fourth-order valence-electron chi connectivity index (χ4n) is 3.77. The molecule has 1 unspecified atom stereocenters. The summed E-state index contributed by atoms with van der Waals surface area (Å²) in [5.74, 6) is 0.364. The lowest BCUT2D eigenvalue weighted by Crippen LogP contribution is -2.44. The molecule has 2 aliphatic rings. The van der Waals surface area contributed by atoms with E-state index in [4.69, 9.17) is 14.2 Å². The Bertz CT molecular complexity index is 712. The fourth-order valence-corrected chi connectivity index (χ4v) is 3.77. The molecule has 1 aromatic carbocycles. The molecule has 1 heterocycles. The fraction of sp³-hybridized carbons (Fsp3) is 0.450. The normalized spacial score (nSPS) is 26.4. The minimum absolute atomic E-state index is 0.0226. The van der Waals surface area contributed by atoms with E-state index >= 15 is 0 Å². The SMILES string of the molecule is C=CC[C@H]1C[C@]2(C(C)Cc3ccc(OC)c(F)c3)OCOC2=CC1=O. The summed E-state index contributed by atoms with van der Waals surface area (Å²) in [5, 5.41) is 0. The van der Waals surface area contributed by atoms with E-state index in [0.717, 1.165) is 5.56 Å². The van der Waals surface area contributed by atoms with Crippen molar-refractivity contribution in [3.05, 3.63) is 54.1 Å². The highest BCUT2D eigenvalue weighted by atomic mass is 19.1. The lowest BCUT2D eigenvalue weighted by atomic mass is 9.71. The minimum atomic E-state index is -0.641. The molecule has 1 aliphatic carbocycles. The molecule has 5 heteroatoms. The van der Waals surface area contributed by atoms with Gasteiger partial charge in [-0.3, -0.25) is 4.79 Å². The van der Waals surface area contributed by atoms with Crippen LogP contribution in [0.4, 0.5) is 4.39 Å². The first-order chi connectivity index (χ1) is 12.0. The molecule has 0 spiro atoms. The number of hydrogen-bond acceptors (Lipinski definition) is 4. The van der Waals surface area contributed by atoms with Crippen molar-refractivity contribution in [3.8, 4) is 5.75 Å². The summed E-state index contributed by atoms with van der Waals surface area (Å²) in [6.45, 7) is 5.92. The van der Waals surface area contributed by atoms with Crippen molar-refractivity contribution in [2.75, 3.05) is 13.9 Å². The second-order valence-electron chi connectivity index (χ2n) is 6.71. The van der Waals surface area contributed by atoms with Crippen LogP contribution >= 0.6 is 0 Å². The molecule has 0 N–H and O–H groups in total. The third-order valence-electron chi connectivity index (χ3n) is 5.18. The smallest absolute Gasteiger partial charge is 0.189 e. The second-order valence-corrected chi connectivity index (χ2v) is 6.71. The van der Waals surface area contributed by atoms with Gasteiger partial charge < -0.3 is 14.2 Å². The molecule has 25 heavy (non-hydrogen) atoms. The zero-order valence-corrected chi connectivity index (χ0v) is 14.6. The van der Waals surface area contributed by atoms with E-state index < -0.39 is 5.60 Å². The molecule has 1 aromatic rings. The summed E-state index contributed by atoms with van der Waals surface area (Å²) < 4.78 is 30.5. The van der Waals surface area contributed by atoms with Crippen LogP contribution in [0.2, 0.25) is 0 Å². The number of allylic oxidation sites excluding steroid dienone is 2. The predicted octanol–water partition coefficient (Wildman–Crippen LogP) is 3.81. The lowest BCUT2D eigenvalue weighted by Gasteiger charge is -2.38. The van der Waals surface area contributed by atoms with E-state index in [0.29, 0.717) is 25.0 Å². The van der Waals surface area contributed by atoms with Gasteiger partial charge in [0.2, 0.25) is 0 Å². The Kier molecular flexibility index (Phi) is 4.95. The average molecular weight is 346 g/mol. The first kappa shape index (κ1) is 17.7. The van der Waals surface area contributed by atoms with Crippen molar-refractivity contribution in [1.29, 1.82) is 0 Å². The highest BCUT2D eigenvalue weighted by Crippen LogP contribution is 2.46. The molecule has 1 aliphatic heterocycles. The Hall–Kier alpha value is -2.14. The molecule has 0 radical (unpaired) electrons. The summed E-state index contributed by atoms with van der Waals surface area (Å²) in [6, 6.07) is 4.96. The molecule has 3 atom stereocenters. The maximum atomic E-state index is 14.0. The summed E-state index contributed by atoms with van der Waals surface area (Å²) >= 11 is 0. The molecule has 4 nitrogen and oxygen atoms in total. The third-order valence-corrected chi connectivity index (χ3v) is 5.18. The van der Waals surface area contributed by atoms with Crippen LogP contribution in [-0.2, 0) is 20.7 Å². The van der Waals surface area contributed by atoms with Gasteiger partial charge in [-0.05, 0) is 42.9 Å². The van der Waals surface area contributed by atoms with E-state index in [1.807, 2.05) is 13.0 Å². The van der Waals surface area contributed by atoms with E-state index in [1.54, 1.807) is 18.2 Å².